The molecule has 7 nitrogen and oxygen atoms in total. The third-order valence-electron chi connectivity index (χ3n) is 4.19. The van der Waals surface area contributed by atoms with Gasteiger partial charge in [-0.15, -0.1) is 0 Å². The number of likely N-dealkylation sites (N-methyl/N-ethyl adjacent to an activating group) is 1. The van der Waals surface area contributed by atoms with Crippen LogP contribution in [0, 0.1) is 0 Å². The Kier molecular flexibility index (Phi) is 7.29. The highest BCUT2D eigenvalue weighted by Crippen LogP contribution is 2.28. The first-order chi connectivity index (χ1) is 13.2. The Balaban J connectivity index is 2.04. The number of ether oxygens (including phenoxy) is 2. The molecular weight excluding hydrogens is 404 g/mol. The quantitative estimate of drug-likeness (QED) is 0.701. The van der Waals surface area contributed by atoms with Gasteiger partial charge in [-0.3, -0.25) is 4.79 Å². The van der Waals surface area contributed by atoms with Gasteiger partial charge in [0.2, 0.25) is 15.9 Å². The topological polar surface area (TPSA) is 84.9 Å². The molecule has 0 radical (unpaired) electrons. The SMILES string of the molecule is COc1ccc(C(C)NC(=O)CN(C)S(=O)(=O)c2ccc(OC)c(Cl)c2)cc1. The zero-order valence-corrected chi connectivity index (χ0v) is 17.7. The predicted molar refractivity (Wildman–Crippen MR) is 107 cm³/mol. The summed E-state index contributed by atoms with van der Waals surface area (Å²) in [6.07, 6.45) is 0. The summed E-state index contributed by atoms with van der Waals surface area (Å²) in [4.78, 5) is 12.3. The number of carbonyl (C=O) groups is 1. The second kappa shape index (κ2) is 9.27. The van der Waals surface area contributed by atoms with Crippen LogP contribution < -0.4 is 14.8 Å². The summed E-state index contributed by atoms with van der Waals surface area (Å²) in [5.41, 5.74) is 0.876. The van der Waals surface area contributed by atoms with Crippen molar-refractivity contribution in [3.05, 3.63) is 53.1 Å². The molecule has 0 saturated carbocycles. The van der Waals surface area contributed by atoms with Gasteiger partial charge in [0.1, 0.15) is 11.5 Å². The summed E-state index contributed by atoms with van der Waals surface area (Å²) in [7, 11) is 0.480. The van der Waals surface area contributed by atoms with Crippen molar-refractivity contribution in [3.8, 4) is 11.5 Å². The van der Waals surface area contributed by atoms with Crippen LogP contribution in [0.5, 0.6) is 11.5 Å². The first kappa shape index (κ1) is 22.0. The fourth-order valence-electron chi connectivity index (χ4n) is 2.54. The van der Waals surface area contributed by atoms with Crippen LogP contribution in [-0.4, -0.2) is 46.4 Å². The molecule has 152 valence electrons. The van der Waals surface area contributed by atoms with E-state index < -0.39 is 15.9 Å². The van der Waals surface area contributed by atoms with Crippen LogP contribution in [0.4, 0.5) is 0 Å². The van der Waals surface area contributed by atoms with Gasteiger partial charge in [0.15, 0.2) is 0 Å². The third kappa shape index (κ3) is 5.15. The first-order valence-electron chi connectivity index (χ1n) is 8.42. The lowest BCUT2D eigenvalue weighted by Gasteiger charge is -2.20. The predicted octanol–water partition coefficient (Wildman–Crippen LogP) is 2.86. The largest absolute Gasteiger partial charge is 0.497 e. The highest BCUT2D eigenvalue weighted by Gasteiger charge is 2.24. The van der Waals surface area contributed by atoms with E-state index >= 15 is 0 Å². The van der Waals surface area contributed by atoms with E-state index in [0.717, 1.165) is 9.87 Å². The summed E-state index contributed by atoms with van der Waals surface area (Å²) in [5.74, 6) is 0.662. The van der Waals surface area contributed by atoms with Gasteiger partial charge < -0.3 is 14.8 Å². The average Bonchev–Trinajstić information content (AvgIpc) is 2.67. The van der Waals surface area contributed by atoms with Gasteiger partial charge in [0.05, 0.1) is 36.7 Å². The summed E-state index contributed by atoms with van der Waals surface area (Å²) in [6, 6.07) is 11.1. The number of nitrogens with zero attached hydrogens (tertiary/aromatic N) is 1. The monoisotopic (exact) mass is 426 g/mol. The van der Waals surface area contributed by atoms with Crippen molar-refractivity contribution in [3.63, 3.8) is 0 Å². The van der Waals surface area contributed by atoms with Crippen molar-refractivity contribution in [2.24, 2.45) is 0 Å². The van der Waals surface area contributed by atoms with Crippen molar-refractivity contribution in [2.75, 3.05) is 27.8 Å². The van der Waals surface area contributed by atoms with Crippen LogP contribution in [0.2, 0.25) is 5.02 Å². The summed E-state index contributed by atoms with van der Waals surface area (Å²) >= 11 is 6.01. The van der Waals surface area contributed by atoms with E-state index in [1.807, 2.05) is 19.1 Å². The Labute approximate surface area is 170 Å². The molecule has 0 aliphatic carbocycles. The van der Waals surface area contributed by atoms with Gasteiger partial charge in [0, 0.05) is 7.05 Å². The van der Waals surface area contributed by atoms with E-state index in [4.69, 9.17) is 21.1 Å². The van der Waals surface area contributed by atoms with E-state index in [0.29, 0.717) is 11.5 Å². The molecule has 0 bridgehead atoms. The van der Waals surface area contributed by atoms with Crippen molar-refractivity contribution < 1.29 is 22.7 Å². The van der Waals surface area contributed by atoms with Gasteiger partial charge in [0.25, 0.3) is 0 Å². The zero-order valence-electron chi connectivity index (χ0n) is 16.1. The van der Waals surface area contributed by atoms with Crippen LogP contribution in [0.25, 0.3) is 0 Å². The normalized spacial score (nSPS) is 12.5. The molecule has 0 fully saturated rings. The van der Waals surface area contributed by atoms with Crippen LogP contribution in [0.3, 0.4) is 0 Å². The second-order valence-electron chi connectivity index (χ2n) is 6.12. The lowest BCUT2D eigenvalue weighted by atomic mass is 10.1. The molecule has 1 N–H and O–H groups in total. The van der Waals surface area contributed by atoms with Gasteiger partial charge >= 0.3 is 0 Å². The minimum absolute atomic E-state index is 0.0168. The van der Waals surface area contributed by atoms with Gasteiger partial charge in [-0.1, -0.05) is 23.7 Å². The number of benzene rings is 2. The molecule has 2 rings (SSSR count). The van der Waals surface area contributed by atoms with E-state index in [-0.39, 0.29) is 22.5 Å². The number of amides is 1. The lowest BCUT2D eigenvalue weighted by molar-refractivity contribution is -0.121. The fourth-order valence-corrected chi connectivity index (χ4v) is 4.01. The molecular formula is C19H23ClN2O5S. The highest BCUT2D eigenvalue weighted by molar-refractivity contribution is 7.89. The molecule has 0 saturated heterocycles. The fraction of sp³-hybridized carbons (Fsp3) is 0.316. The standard InChI is InChI=1S/C19H23ClN2O5S/c1-13(14-5-7-15(26-3)8-6-14)21-19(23)12-22(2)28(24,25)16-9-10-18(27-4)17(20)11-16/h5-11,13H,12H2,1-4H3,(H,21,23). The van der Waals surface area contributed by atoms with Crippen molar-refractivity contribution >= 4 is 27.5 Å². The molecule has 2 aromatic carbocycles. The van der Waals surface area contributed by atoms with E-state index in [9.17, 15) is 13.2 Å². The maximum atomic E-state index is 12.7. The van der Waals surface area contributed by atoms with Gasteiger partial charge in [-0.05, 0) is 42.8 Å². The summed E-state index contributed by atoms with van der Waals surface area (Å²) in [6.45, 7) is 1.49. The Morgan fingerprint density at radius 3 is 2.32 bits per heavy atom. The molecule has 2 aromatic rings. The van der Waals surface area contributed by atoms with Crippen molar-refractivity contribution in [1.82, 2.24) is 9.62 Å². The molecule has 0 aromatic heterocycles. The van der Waals surface area contributed by atoms with Crippen LogP contribution >= 0.6 is 11.6 Å². The Bertz CT molecular complexity index is 932. The Hall–Kier alpha value is -2.29. The average molecular weight is 427 g/mol. The van der Waals surface area contributed by atoms with Gasteiger partial charge in [-0.25, -0.2) is 8.42 Å². The number of carbonyl (C=O) groups excluding carboxylic acids is 1. The third-order valence-corrected chi connectivity index (χ3v) is 6.29. The zero-order chi connectivity index (χ0) is 20.9. The number of halogens is 1. The molecule has 0 aliphatic rings. The molecule has 0 aliphatic heterocycles. The molecule has 1 atom stereocenters. The smallest absolute Gasteiger partial charge is 0.243 e. The number of nitrogens with one attached hydrogen (secondary N) is 1. The highest BCUT2D eigenvalue weighted by atomic mass is 35.5. The Morgan fingerprint density at radius 1 is 1.14 bits per heavy atom. The number of hydrogen-bond donors (Lipinski definition) is 1. The van der Waals surface area contributed by atoms with Crippen molar-refractivity contribution in [2.45, 2.75) is 17.9 Å². The molecule has 0 spiro atoms. The van der Waals surface area contributed by atoms with Gasteiger partial charge in [-0.2, -0.15) is 4.31 Å². The molecule has 1 unspecified atom stereocenters. The molecule has 28 heavy (non-hydrogen) atoms. The Morgan fingerprint density at radius 2 is 1.79 bits per heavy atom. The lowest BCUT2D eigenvalue weighted by Crippen LogP contribution is -2.39. The van der Waals surface area contributed by atoms with E-state index in [1.165, 1.54) is 32.4 Å². The van der Waals surface area contributed by atoms with Crippen LogP contribution in [0.15, 0.2) is 47.4 Å². The maximum absolute atomic E-state index is 12.7. The number of rotatable bonds is 8. The molecule has 1 amide bonds. The maximum Gasteiger partial charge on any atom is 0.243 e. The minimum atomic E-state index is -3.87. The number of methoxy groups -OCH3 is 2. The molecule has 9 heteroatoms. The molecule has 0 heterocycles. The van der Waals surface area contributed by atoms with E-state index in [1.54, 1.807) is 19.2 Å². The second-order valence-corrected chi connectivity index (χ2v) is 8.57. The first-order valence-corrected chi connectivity index (χ1v) is 10.2. The minimum Gasteiger partial charge on any atom is -0.497 e. The summed E-state index contributed by atoms with van der Waals surface area (Å²) < 4.78 is 36.5. The van der Waals surface area contributed by atoms with E-state index in [2.05, 4.69) is 5.32 Å². The summed E-state index contributed by atoms with van der Waals surface area (Å²) in [5, 5.41) is 2.96. The van der Waals surface area contributed by atoms with Crippen molar-refractivity contribution in [1.29, 1.82) is 0 Å². The number of sulfonamides is 1. The number of hydrogen-bond acceptors (Lipinski definition) is 5. The van der Waals surface area contributed by atoms with Crippen LogP contribution in [-0.2, 0) is 14.8 Å². The van der Waals surface area contributed by atoms with Crippen LogP contribution in [0.1, 0.15) is 18.5 Å².